The number of phenols is 1. The van der Waals surface area contributed by atoms with Crippen LogP contribution in [0.15, 0.2) is 22.7 Å². The van der Waals surface area contributed by atoms with E-state index < -0.39 is 0 Å². The van der Waals surface area contributed by atoms with E-state index >= 15 is 0 Å². The molecule has 0 bridgehead atoms. The molecule has 0 amide bonds. The Kier molecular flexibility index (Phi) is 3.08. The molecule has 1 aromatic carbocycles. The zero-order chi connectivity index (χ0) is 9.97. The van der Waals surface area contributed by atoms with Crippen LogP contribution in [0.3, 0.4) is 0 Å². The summed E-state index contributed by atoms with van der Waals surface area (Å²) in [5.41, 5.74) is 1.22. The van der Waals surface area contributed by atoms with Gasteiger partial charge in [0, 0.05) is 6.54 Å². The Labute approximate surface area is 92.5 Å². The van der Waals surface area contributed by atoms with Crippen LogP contribution in [-0.2, 0) is 0 Å². The molecule has 0 saturated carbocycles. The lowest BCUT2D eigenvalue weighted by molar-refractivity contribution is 0.449. The van der Waals surface area contributed by atoms with Crippen LogP contribution in [0.25, 0.3) is 0 Å². The molecule has 0 radical (unpaired) electrons. The molecule has 2 nitrogen and oxygen atoms in total. The van der Waals surface area contributed by atoms with Crippen molar-refractivity contribution >= 4 is 15.9 Å². The first kappa shape index (κ1) is 9.99. The number of benzene rings is 1. The van der Waals surface area contributed by atoms with Crippen LogP contribution in [0.4, 0.5) is 0 Å². The Hall–Kier alpha value is -0.540. The minimum absolute atomic E-state index is 0.341. The Bertz CT molecular complexity index is 321. The summed E-state index contributed by atoms with van der Waals surface area (Å²) in [6.07, 6.45) is 2.42. The quantitative estimate of drug-likeness (QED) is 0.809. The Morgan fingerprint density at radius 3 is 3.00 bits per heavy atom. The average Bonchev–Trinajstić information content (AvgIpc) is 2.23. The molecule has 1 aliphatic heterocycles. The standard InChI is InChI=1S/C11H14BrNO/c12-11-9(4-1-5-10(11)14)8-3-2-6-13-7-8/h1,4-5,8,13-14H,2-3,6-7H2. The van der Waals surface area contributed by atoms with Gasteiger partial charge in [0.1, 0.15) is 5.75 Å². The molecule has 1 fully saturated rings. The maximum absolute atomic E-state index is 9.56. The van der Waals surface area contributed by atoms with Crippen LogP contribution >= 0.6 is 15.9 Å². The Morgan fingerprint density at radius 1 is 1.43 bits per heavy atom. The SMILES string of the molecule is Oc1cccc(C2CCCNC2)c1Br. The first-order chi connectivity index (χ1) is 6.79. The van der Waals surface area contributed by atoms with Gasteiger partial charge >= 0.3 is 0 Å². The van der Waals surface area contributed by atoms with Crippen molar-refractivity contribution in [2.45, 2.75) is 18.8 Å². The highest BCUT2D eigenvalue weighted by atomic mass is 79.9. The second-order valence-electron chi connectivity index (χ2n) is 3.72. The molecule has 2 N–H and O–H groups in total. The number of hydrogen-bond acceptors (Lipinski definition) is 2. The number of halogens is 1. The highest BCUT2D eigenvalue weighted by molar-refractivity contribution is 9.10. The summed E-state index contributed by atoms with van der Waals surface area (Å²) in [5.74, 6) is 0.873. The predicted molar refractivity (Wildman–Crippen MR) is 60.7 cm³/mol. The summed E-state index contributed by atoms with van der Waals surface area (Å²) >= 11 is 3.44. The lowest BCUT2D eigenvalue weighted by atomic mass is 9.92. The summed E-state index contributed by atoms with van der Waals surface area (Å²) in [5, 5.41) is 12.9. The van der Waals surface area contributed by atoms with E-state index in [0.717, 1.165) is 17.6 Å². The molecule has 3 heteroatoms. The van der Waals surface area contributed by atoms with E-state index in [0.29, 0.717) is 11.7 Å². The van der Waals surface area contributed by atoms with Crippen molar-refractivity contribution in [2.75, 3.05) is 13.1 Å². The number of rotatable bonds is 1. The molecule has 76 valence electrons. The van der Waals surface area contributed by atoms with E-state index in [1.54, 1.807) is 6.07 Å². The third kappa shape index (κ3) is 1.93. The van der Waals surface area contributed by atoms with E-state index in [2.05, 4.69) is 27.3 Å². The van der Waals surface area contributed by atoms with E-state index in [1.807, 2.05) is 6.07 Å². The lowest BCUT2D eigenvalue weighted by Gasteiger charge is -2.24. The van der Waals surface area contributed by atoms with Crippen molar-refractivity contribution in [3.05, 3.63) is 28.2 Å². The minimum Gasteiger partial charge on any atom is -0.507 e. The summed E-state index contributed by atoms with van der Waals surface area (Å²) in [7, 11) is 0. The van der Waals surface area contributed by atoms with Crippen molar-refractivity contribution in [3.63, 3.8) is 0 Å². The maximum Gasteiger partial charge on any atom is 0.130 e. The normalized spacial score (nSPS) is 22.2. The van der Waals surface area contributed by atoms with Crippen molar-refractivity contribution in [2.24, 2.45) is 0 Å². The zero-order valence-electron chi connectivity index (χ0n) is 7.96. The van der Waals surface area contributed by atoms with Gasteiger partial charge in [-0.25, -0.2) is 0 Å². The second-order valence-corrected chi connectivity index (χ2v) is 4.52. The summed E-state index contributed by atoms with van der Waals surface area (Å²) < 4.78 is 0.855. The van der Waals surface area contributed by atoms with Crippen LogP contribution < -0.4 is 5.32 Å². The van der Waals surface area contributed by atoms with Gasteiger partial charge in [0.2, 0.25) is 0 Å². The average molecular weight is 256 g/mol. The van der Waals surface area contributed by atoms with Gasteiger partial charge < -0.3 is 10.4 Å². The molecule has 1 heterocycles. The molecule has 0 spiro atoms. The van der Waals surface area contributed by atoms with E-state index in [9.17, 15) is 5.11 Å². The molecular formula is C11H14BrNO. The molecular weight excluding hydrogens is 242 g/mol. The molecule has 0 aliphatic carbocycles. The van der Waals surface area contributed by atoms with Gasteiger partial charge in [0.15, 0.2) is 0 Å². The van der Waals surface area contributed by atoms with Gasteiger partial charge in [-0.1, -0.05) is 12.1 Å². The van der Waals surface area contributed by atoms with Crippen molar-refractivity contribution in [1.82, 2.24) is 5.32 Å². The van der Waals surface area contributed by atoms with Crippen molar-refractivity contribution < 1.29 is 5.11 Å². The summed E-state index contributed by atoms with van der Waals surface area (Å²) in [4.78, 5) is 0. The molecule has 1 atom stereocenters. The highest BCUT2D eigenvalue weighted by Gasteiger charge is 2.18. The first-order valence-corrected chi connectivity index (χ1v) is 5.76. The molecule has 1 unspecified atom stereocenters. The molecule has 14 heavy (non-hydrogen) atoms. The number of phenolic OH excluding ortho intramolecular Hbond substituents is 1. The van der Waals surface area contributed by atoms with Crippen molar-refractivity contribution in [1.29, 1.82) is 0 Å². The van der Waals surface area contributed by atoms with Gasteiger partial charge in [-0.2, -0.15) is 0 Å². The summed E-state index contributed by atoms with van der Waals surface area (Å²) in [6, 6.07) is 5.70. The third-order valence-corrected chi connectivity index (χ3v) is 3.61. The van der Waals surface area contributed by atoms with Gasteiger partial charge in [0.25, 0.3) is 0 Å². The molecule has 0 aromatic heterocycles. The van der Waals surface area contributed by atoms with Crippen LogP contribution in [0, 0.1) is 0 Å². The third-order valence-electron chi connectivity index (χ3n) is 2.74. The number of aromatic hydroxyl groups is 1. The highest BCUT2D eigenvalue weighted by Crippen LogP contribution is 2.34. The van der Waals surface area contributed by atoms with Crippen LogP contribution in [-0.4, -0.2) is 18.2 Å². The monoisotopic (exact) mass is 255 g/mol. The number of piperidine rings is 1. The van der Waals surface area contributed by atoms with Gasteiger partial charge in [-0.3, -0.25) is 0 Å². The number of hydrogen-bond donors (Lipinski definition) is 2. The minimum atomic E-state index is 0.341. The van der Waals surface area contributed by atoms with Gasteiger partial charge in [-0.05, 0) is 52.9 Å². The molecule has 2 rings (SSSR count). The van der Waals surface area contributed by atoms with E-state index in [-0.39, 0.29) is 0 Å². The van der Waals surface area contributed by atoms with Gasteiger partial charge in [0.05, 0.1) is 4.47 Å². The number of nitrogens with one attached hydrogen (secondary N) is 1. The first-order valence-electron chi connectivity index (χ1n) is 4.97. The fourth-order valence-corrected chi connectivity index (χ4v) is 2.56. The molecule has 1 aliphatic rings. The van der Waals surface area contributed by atoms with E-state index in [1.165, 1.54) is 18.4 Å². The summed E-state index contributed by atoms with van der Waals surface area (Å²) in [6.45, 7) is 2.13. The van der Waals surface area contributed by atoms with Crippen LogP contribution in [0.5, 0.6) is 5.75 Å². The fourth-order valence-electron chi connectivity index (χ4n) is 1.97. The van der Waals surface area contributed by atoms with Crippen LogP contribution in [0.1, 0.15) is 24.3 Å². The lowest BCUT2D eigenvalue weighted by Crippen LogP contribution is -2.28. The second kappa shape index (κ2) is 4.32. The predicted octanol–water partition coefficient (Wildman–Crippen LogP) is 2.62. The fraction of sp³-hybridized carbons (Fsp3) is 0.455. The largest absolute Gasteiger partial charge is 0.507 e. The smallest absolute Gasteiger partial charge is 0.130 e. The van der Waals surface area contributed by atoms with Crippen molar-refractivity contribution in [3.8, 4) is 5.75 Å². The molecule has 1 saturated heterocycles. The van der Waals surface area contributed by atoms with E-state index in [4.69, 9.17) is 0 Å². The zero-order valence-corrected chi connectivity index (χ0v) is 9.55. The Morgan fingerprint density at radius 2 is 2.29 bits per heavy atom. The molecule has 1 aromatic rings. The maximum atomic E-state index is 9.56. The van der Waals surface area contributed by atoms with Gasteiger partial charge in [-0.15, -0.1) is 0 Å². The topological polar surface area (TPSA) is 32.3 Å². The Balaban J connectivity index is 2.26. The van der Waals surface area contributed by atoms with Crippen LogP contribution in [0.2, 0.25) is 0 Å².